The maximum absolute atomic E-state index is 12.9. The normalized spacial score (nSPS) is 21.5. The van der Waals surface area contributed by atoms with Gasteiger partial charge in [0.1, 0.15) is 0 Å². The van der Waals surface area contributed by atoms with Crippen LogP contribution in [0.4, 0.5) is 0 Å². The Bertz CT molecular complexity index is 1120. The fourth-order valence-electron chi connectivity index (χ4n) is 4.41. The number of aliphatic imine (C=N–C) groups is 1. The van der Waals surface area contributed by atoms with Crippen LogP contribution in [0.5, 0.6) is 0 Å². The Morgan fingerprint density at radius 1 is 1.11 bits per heavy atom. The van der Waals surface area contributed by atoms with Crippen molar-refractivity contribution in [2.75, 3.05) is 19.6 Å². The quantitative estimate of drug-likeness (QED) is 0.481. The van der Waals surface area contributed by atoms with Crippen molar-refractivity contribution in [2.24, 2.45) is 4.99 Å². The van der Waals surface area contributed by atoms with E-state index in [1.807, 2.05) is 30.3 Å². The summed E-state index contributed by atoms with van der Waals surface area (Å²) in [6.07, 6.45) is -1.47. The number of nitrogens with one attached hydrogen (secondary N) is 1. The summed E-state index contributed by atoms with van der Waals surface area (Å²) < 4.78 is 0. The molecule has 10 heteroatoms. The van der Waals surface area contributed by atoms with E-state index in [-0.39, 0.29) is 17.8 Å². The van der Waals surface area contributed by atoms with E-state index in [0.29, 0.717) is 29.6 Å². The van der Waals surface area contributed by atoms with Gasteiger partial charge in [0.05, 0.1) is 24.2 Å². The van der Waals surface area contributed by atoms with E-state index in [2.05, 4.69) is 10.3 Å². The highest BCUT2D eigenvalue weighted by Gasteiger charge is 2.38. The van der Waals surface area contributed by atoms with Gasteiger partial charge in [-0.15, -0.1) is 11.8 Å². The number of aliphatic hydroxyl groups is 2. The second-order valence-corrected chi connectivity index (χ2v) is 10.9. The predicted molar refractivity (Wildman–Crippen MR) is 139 cm³/mol. The van der Waals surface area contributed by atoms with Gasteiger partial charge in [-0.25, -0.2) is 0 Å². The molecule has 1 fully saturated rings. The van der Waals surface area contributed by atoms with Gasteiger partial charge in [-0.1, -0.05) is 47.5 Å². The van der Waals surface area contributed by atoms with Crippen molar-refractivity contribution in [1.29, 1.82) is 0 Å². The van der Waals surface area contributed by atoms with E-state index >= 15 is 0 Å². The number of carbonyl (C=O) groups is 2. The van der Waals surface area contributed by atoms with Gasteiger partial charge in [0.15, 0.2) is 12.2 Å². The Morgan fingerprint density at radius 3 is 2.60 bits per heavy atom. The van der Waals surface area contributed by atoms with E-state index in [4.69, 9.17) is 23.2 Å². The standard InChI is InChI=1S/C25H27Cl2N3O4S/c26-17-6-1-4-15(10-17)11-19-13-28-21(35-19)14-29-24(33)22(31)23(32)25(34)30-9-3-8-20(30)16-5-2-7-18(27)12-16/h1-2,4-7,10,12,19-20,22-23,31-32H,3,8-9,11,13-14H2,(H,29,33)/t19?,20?,22-,23-/m1/s1. The van der Waals surface area contributed by atoms with Crippen LogP contribution in [0.25, 0.3) is 0 Å². The molecule has 2 amide bonds. The van der Waals surface area contributed by atoms with Crippen molar-refractivity contribution >= 4 is 51.8 Å². The highest BCUT2D eigenvalue weighted by Crippen LogP contribution is 2.33. The molecule has 2 aromatic rings. The highest BCUT2D eigenvalue weighted by atomic mass is 35.5. The fourth-order valence-corrected chi connectivity index (χ4v) is 5.93. The Kier molecular flexibility index (Phi) is 8.73. The Labute approximate surface area is 218 Å². The average Bonchev–Trinajstić information content (AvgIpc) is 3.51. The van der Waals surface area contributed by atoms with Crippen LogP contribution in [0.15, 0.2) is 53.5 Å². The molecule has 0 bridgehead atoms. The summed E-state index contributed by atoms with van der Waals surface area (Å²) >= 11 is 13.7. The number of aliphatic hydroxyl groups excluding tert-OH is 2. The summed E-state index contributed by atoms with van der Waals surface area (Å²) in [5, 5.41) is 25.7. The second-order valence-electron chi connectivity index (χ2n) is 8.66. The molecule has 3 N–H and O–H groups in total. The molecule has 0 radical (unpaired) electrons. The molecule has 0 aromatic heterocycles. The van der Waals surface area contributed by atoms with E-state index < -0.39 is 24.0 Å². The third-order valence-corrected chi connectivity index (χ3v) is 7.80. The average molecular weight is 536 g/mol. The van der Waals surface area contributed by atoms with Crippen LogP contribution in [-0.2, 0) is 16.0 Å². The molecule has 35 heavy (non-hydrogen) atoms. The number of carbonyl (C=O) groups excluding carboxylic acids is 2. The Balaban J connectivity index is 1.27. The maximum atomic E-state index is 12.9. The summed E-state index contributed by atoms with van der Waals surface area (Å²) in [6, 6.07) is 14.6. The van der Waals surface area contributed by atoms with Crippen molar-refractivity contribution in [3.05, 3.63) is 69.7 Å². The minimum absolute atomic E-state index is 0.127. The largest absolute Gasteiger partial charge is 0.380 e. The van der Waals surface area contributed by atoms with Crippen molar-refractivity contribution in [3.8, 4) is 0 Å². The molecule has 2 unspecified atom stereocenters. The van der Waals surface area contributed by atoms with Crippen LogP contribution < -0.4 is 5.32 Å². The number of hydrogen-bond donors (Lipinski definition) is 3. The van der Waals surface area contributed by atoms with Gasteiger partial charge in [0.25, 0.3) is 11.8 Å². The molecule has 4 rings (SSSR count). The monoisotopic (exact) mass is 535 g/mol. The number of likely N-dealkylation sites (tertiary alicyclic amines) is 1. The van der Waals surface area contributed by atoms with Gasteiger partial charge in [0, 0.05) is 21.8 Å². The molecule has 2 aromatic carbocycles. The molecule has 2 aliphatic heterocycles. The predicted octanol–water partition coefficient (Wildman–Crippen LogP) is 3.25. The van der Waals surface area contributed by atoms with E-state index in [1.165, 1.54) is 4.90 Å². The van der Waals surface area contributed by atoms with Crippen LogP contribution in [0, 0.1) is 0 Å². The van der Waals surface area contributed by atoms with Crippen LogP contribution in [0.3, 0.4) is 0 Å². The van der Waals surface area contributed by atoms with Gasteiger partial charge in [-0.3, -0.25) is 14.6 Å². The van der Waals surface area contributed by atoms with Gasteiger partial charge >= 0.3 is 0 Å². The number of benzene rings is 2. The molecular formula is C25H27Cl2N3O4S. The van der Waals surface area contributed by atoms with Crippen molar-refractivity contribution < 1.29 is 19.8 Å². The molecule has 4 atom stereocenters. The first-order valence-corrected chi connectivity index (χ1v) is 13.1. The van der Waals surface area contributed by atoms with Gasteiger partial charge in [-0.2, -0.15) is 0 Å². The number of hydrogen-bond acceptors (Lipinski definition) is 6. The maximum Gasteiger partial charge on any atom is 0.255 e. The summed E-state index contributed by atoms with van der Waals surface area (Å²) in [5.41, 5.74) is 1.98. The highest BCUT2D eigenvalue weighted by molar-refractivity contribution is 8.14. The number of halogens is 2. The lowest BCUT2D eigenvalue weighted by Crippen LogP contribution is -2.51. The summed E-state index contributed by atoms with van der Waals surface area (Å²) in [4.78, 5) is 31.4. The molecule has 7 nitrogen and oxygen atoms in total. The smallest absolute Gasteiger partial charge is 0.255 e. The molecule has 0 aliphatic carbocycles. The number of nitrogens with zero attached hydrogens (tertiary/aromatic N) is 2. The van der Waals surface area contributed by atoms with E-state index in [0.717, 1.165) is 29.0 Å². The minimum atomic E-state index is -1.88. The van der Waals surface area contributed by atoms with E-state index in [9.17, 15) is 19.8 Å². The third kappa shape index (κ3) is 6.57. The van der Waals surface area contributed by atoms with Crippen LogP contribution in [-0.4, -0.2) is 69.1 Å². The van der Waals surface area contributed by atoms with E-state index in [1.54, 1.807) is 30.0 Å². The van der Waals surface area contributed by atoms with Crippen molar-refractivity contribution in [1.82, 2.24) is 10.2 Å². The second kappa shape index (κ2) is 11.8. The molecule has 2 aliphatic rings. The van der Waals surface area contributed by atoms with Crippen LogP contribution in [0.1, 0.15) is 30.0 Å². The Morgan fingerprint density at radius 2 is 1.86 bits per heavy atom. The van der Waals surface area contributed by atoms with Gasteiger partial charge in [-0.05, 0) is 54.7 Å². The lowest BCUT2D eigenvalue weighted by atomic mass is 10.0. The first-order chi connectivity index (χ1) is 16.8. The number of thioether (sulfide) groups is 1. The molecule has 0 saturated carbocycles. The van der Waals surface area contributed by atoms with Gasteiger partial charge < -0.3 is 20.4 Å². The lowest BCUT2D eigenvalue weighted by Gasteiger charge is -2.28. The zero-order valence-electron chi connectivity index (χ0n) is 18.9. The minimum Gasteiger partial charge on any atom is -0.380 e. The topological polar surface area (TPSA) is 102 Å². The SMILES string of the molecule is O=C(NCC1=NCC(Cc2cccc(Cl)c2)S1)[C@H](O)[C@@H](O)C(=O)N1CCCC1c1cccc(Cl)c1. The number of rotatable bonds is 8. The summed E-state index contributed by atoms with van der Waals surface area (Å²) in [6.45, 7) is 1.18. The summed E-state index contributed by atoms with van der Waals surface area (Å²) in [5.74, 6) is -1.49. The zero-order chi connectivity index (χ0) is 24.9. The summed E-state index contributed by atoms with van der Waals surface area (Å²) in [7, 11) is 0. The molecule has 2 heterocycles. The van der Waals surface area contributed by atoms with Crippen molar-refractivity contribution in [2.45, 2.75) is 42.8 Å². The van der Waals surface area contributed by atoms with Crippen LogP contribution >= 0.6 is 35.0 Å². The fraction of sp³-hybridized carbons (Fsp3) is 0.400. The zero-order valence-corrected chi connectivity index (χ0v) is 21.3. The lowest BCUT2D eigenvalue weighted by molar-refractivity contribution is -0.153. The molecule has 186 valence electrons. The first-order valence-electron chi connectivity index (χ1n) is 11.5. The number of amides is 2. The Hall–Kier alpha value is -2.10. The van der Waals surface area contributed by atoms with Gasteiger partial charge in [0.2, 0.25) is 0 Å². The molecular weight excluding hydrogens is 509 g/mol. The molecule has 0 spiro atoms. The first kappa shape index (κ1) is 26.0. The third-order valence-electron chi connectivity index (χ3n) is 6.13. The van der Waals surface area contributed by atoms with Crippen molar-refractivity contribution in [3.63, 3.8) is 0 Å². The van der Waals surface area contributed by atoms with Crippen LogP contribution in [0.2, 0.25) is 10.0 Å². The molecule has 1 saturated heterocycles.